The summed E-state index contributed by atoms with van der Waals surface area (Å²) in [4.78, 5) is 0. The van der Waals surface area contributed by atoms with E-state index in [1.165, 1.54) is 0 Å². The van der Waals surface area contributed by atoms with Gasteiger partial charge in [-0.3, -0.25) is 0 Å². The van der Waals surface area contributed by atoms with Crippen molar-refractivity contribution >= 4 is 50.4 Å². The van der Waals surface area contributed by atoms with Crippen molar-refractivity contribution in [2.75, 3.05) is 13.2 Å². The molecule has 0 saturated heterocycles. The molecule has 0 saturated carbocycles. The van der Waals surface area contributed by atoms with Gasteiger partial charge in [0.2, 0.25) is 0 Å². The fraction of sp³-hybridized carbons (Fsp3) is 1.00. The van der Waals surface area contributed by atoms with Crippen LogP contribution in [0.15, 0.2) is 0 Å². The zero-order chi connectivity index (χ0) is 24.8. The van der Waals surface area contributed by atoms with E-state index in [0.29, 0.717) is 0 Å². The lowest BCUT2D eigenvalue weighted by molar-refractivity contribution is 0.280. The number of rotatable bonds is 16. The summed E-state index contributed by atoms with van der Waals surface area (Å²) in [5.41, 5.74) is 0. The summed E-state index contributed by atoms with van der Waals surface area (Å²) < 4.78 is 32.9. The molecular weight excluding hydrogens is 489 g/mol. The van der Waals surface area contributed by atoms with Crippen LogP contribution in [0.2, 0.25) is 104 Å². The van der Waals surface area contributed by atoms with Crippen LogP contribution in [0, 0.1) is 0 Å². The van der Waals surface area contributed by atoms with Gasteiger partial charge in [0.25, 0.3) is 0 Å². The monoisotopic (exact) mass is 542 g/mol. The first-order valence-electron chi connectivity index (χ1n) is 11.9. The van der Waals surface area contributed by atoms with E-state index < -0.39 is 50.4 Å². The first kappa shape index (κ1) is 32.1. The van der Waals surface area contributed by atoms with Crippen LogP contribution >= 0.6 is 0 Å². The van der Waals surface area contributed by atoms with Crippen molar-refractivity contribution in [3.63, 3.8) is 0 Å². The molecule has 0 fully saturated rings. The van der Waals surface area contributed by atoms with Gasteiger partial charge < -0.3 is 21.2 Å². The highest BCUT2D eigenvalue weighted by molar-refractivity contribution is 6.89. The lowest BCUT2D eigenvalue weighted by Gasteiger charge is -2.43. The minimum atomic E-state index is -2.39. The predicted octanol–water partition coefficient (Wildman–Crippen LogP) is 7.33. The Morgan fingerprint density at radius 3 is 0.903 bits per heavy atom. The van der Waals surface area contributed by atoms with Crippen LogP contribution in [-0.2, 0) is 21.2 Å². The van der Waals surface area contributed by atoms with Gasteiger partial charge in [0, 0.05) is 13.2 Å². The Morgan fingerprint density at radius 2 is 0.677 bits per heavy atom. The van der Waals surface area contributed by atoms with Crippen molar-refractivity contribution in [1.29, 1.82) is 0 Å². The molecule has 188 valence electrons. The maximum atomic E-state index is 7.06. The first-order valence-corrected chi connectivity index (χ1v) is 30.6. The van der Waals surface area contributed by atoms with Crippen LogP contribution in [0.1, 0.15) is 12.8 Å². The lowest BCUT2D eigenvalue weighted by atomic mass is 10.5. The number of hydrogen-bond acceptors (Lipinski definition) is 5. The summed E-state index contributed by atoms with van der Waals surface area (Å²) in [7, 11) is -11.3. The molecule has 0 aliphatic heterocycles. The molecule has 2 atom stereocenters. The molecule has 0 radical (unpaired) electrons. The van der Waals surface area contributed by atoms with Gasteiger partial charge in [0.1, 0.15) is 0 Å². The average molecular weight is 543 g/mol. The summed E-state index contributed by atoms with van der Waals surface area (Å²) in [6.07, 6.45) is 1.99. The Kier molecular flexibility index (Phi) is 12.6. The van der Waals surface area contributed by atoms with Crippen molar-refractivity contribution in [2.45, 2.75) is 117 Å². The van der Waals surface area contributed by atoms with Gasteiger partial charge in [-0.05, 0) is 117 Å². The summed E-state index contributed by atoms with van der Waals surface area (Å²) in [5.74, 6) is 0. The average Bonchev–Trinajstić information content (AvgIpc) is 2.42. The molecule has 2 unspecified atom stereocenters. The molecule has 11 heteroatoms. The highest BCUT2D eigenvalue weighted by Gasteiger charge is 2.46. The van der Waals surface area contributed by atoms with Crippen molar-refractivity contribution < 1.29 is 21.2 Å². The van der Waals surface area contributed by atoms with Crippen molar-refractivity contribution in [2.24, 2.45) is 0 Å². The van der Waals surface area contributed by atoms with Gasteiger partial charge in [-0.1, -0.05) is 0 Å². The summed E-state index contributed by atoms with van der Waals surface area (Å²) >= 11 is 0. The second-order valence-electron chi connectivity index (χ2n) is 12.9. The molecule has 0 aliphatic carbocycles. The first-order chi connectivity index (χ1) is 13.5. The van der Waals surface area contributed by atoms with E-state index in [-0.39, 0.29) is 0 Å². The zero-order valence-electron chi connectivity index (χ0n) is 23.3. The fourth-order valence-corrected chi connectivity index (χ4v) is 23.4. The highest BCUT2D eigenvalue weighted by atomic mass is 28.5. The van der Waals surface area contributed by atoms with Crippen LogP contribution in [0.25, 0.3) is 0 Å². The molecule has 0 rings (SSSR count). The predicted molar refractivity (Wildman–Crippen MR) is 151 cm³/mol. The van der Waals surface area contributed by atoms with E-state index in [2.05, 4.69) is 91.7 Å². The summed E-state index contributed by atoms with van der Waals surface area (Å²) in [6.45, 7) is 33.2. The van der Waals surface area contributed by atoms with Gasteiger partial charge in [-0.2, -0.15) is 0 Å². The quantitative estimate of drug-likeness (QED) is 0.151. The maximum Gasteiger partial charge on any atom is 0.315 e. The number of hydrogen-bond donors (Lipinski definition) is 0. The topological polar surface area (TPSA) is 46.2 Å². The third-order valence-electron chi connectivity index (χ3n) is 4.10. The van der Waals surface area contributed by atoms with E-state index in [4.69, 9.17) is 21.2 Å². The Balaban J connectivity index is 5.39. The normalized spacial score (nSPS) is 18.0. The van der Waals surface area contributed by atoms with E-state index in [9.17, 15) is 0 Å². The fourth-order valence-electron chi connectivity index (χ4n) is 3.54. The van der Waals surface area contributed by atoms with E-state index >= 15 is 0 Å². The van der Waals surface area contributed by atoms with Gasteiger partial charge in [0.15, 0.2) is 33.3 Å². The van der Waals surface area contributed by atoms with E-state index in [1.54, 1.807) is 0 Å². The molecular formula is C20H54O5Si6. The summed E-state index contributed by atoms with van der Waals surface area (Å²) in [5, 5.41) is 0. The van der Waals surface area contributed by atoms with Crippen LogP contribution in [0.3, 0.4) is 0 Å². The van der Waals surface area contributed by atoms with Gasteiger partial charge in [-0.15, -0.1) is 0 Å². The van der Waals surface area contributed by atoms with Gasteiger partial charge in [-0.25, -0.2) is 0 Å². The van der Waals surface area contributed by atoms with Crippen molar-refractivity contribution in [3.8, 4) is 0 Å². The van der Waals surface area contributed by atoms with Crippen molar-refractivity contribution in [1.82, 2.24) is 0 Å². The Labute approximate surface area is 201 Å². The molecule has 0 spiro atoms. The molecule has 0 aliphatic rings. The second kappa shape index (κ2) is 12.2. The van der Waals surface area contributed by atoms with Crippen LogP contribution in [0.5, 0.6) is 0 Å². The minimum Gasteiger partial charge on any atom is -0.437 e. The molecule has 0 bridgehead atoms. The Morgan fingerprint density at radius 1 is 0.387 bits per heavy atom. The van der Waals surface area contributed by atoms with Crippen LogP contribution in [-0.4, -0.2) is 63.6 Å². The smallest absolute Gasteiger partial charge is 0.315 e. The Hall–Kier alpha value is 1.10. The molecule has 0 N–H and O–H groups in total. The highest BCUT2D eigenvalue weighted by Crippen LogP contribution is 2.31. The maximum absolute atomic E-state index is 7.06. The summed E-state index contributed by atoms with van der Waals surface area (Å²) in [6, 6.07) is 1.93. The van der Waals surface area contributed by atoms with E-state index in [1.807, 2.05) is 0 Å². The molecule has 0 aromatic rings. The molecule has 0 aromatic heterocycles. The zero-order valence-corrected chi connectivity index (χ0v) is 29.3. The SMILES string of the molecule is C[Si](C)(C)OCCC[Si](C)(O[Si](C)(C)C)O[Si](C)(CCCO[Si](C)(C)C)O[Si](C)(C)C. The van der Waals surface area contributed by atoms with Crippen LogP contribution < -0.4 is 0 Å². The standard InChI is InChI=1S/C20H54O5Si6/c1-26(2,3)21-17-15-19-30(13,23-28(7,8)9)25-31(14,24-29(10,11)12)20-16-18-22-27(4,5)6/h15-20H2,1-14H3. The second-order valence-corrected chi connectivity index (χ2v) is 38.4. The van der Waals surface area contributed by atoms with E-state index in [0.717, 1.165) is 38.1 Å². The lowest BCUT2D eigenvalue weighted by Crippen LogP contribution is -2.58. The molecule has 0 heterocycles. The largest absolute Gasteiger partial charge is 0.437 e. The Bertz CT molecular complexity index is 478. The van der Waals surface area contributed by atoms with Crippen molar-refractivity contribution in [3.05, 3.63) is 0 Å². The molecule has 5 nitrogen and oxygen atoms in total. The molecule has 0 aromatic carbocycles. The third-order valence-corrected chi connectivity index (χ3v) is 20.6. The van der Waals surface area contributed by atoms with Gasteiger partial charge >= 0.3 is 17.1 Å². The van der Waals surface area contributed by atoms with Gasteiger partial charge in [0.05, 0.1) is 0 Å². The molecule has 0 amide bonds. The molecule has 31 heavy (non-hydrogen) atoms. The van der Waals surface area contributed by atoms with Crippen LogP contribution in [0.4, 0.5) is 0 Å². The third kappa shape index (κ3) is 19.1. The minimum absolute atomic E-state index is 0.800.